The van der Waals surface area contributed by atoms with Crippen LogP contribution in [-0.2, 0) is 9.53 Å². The molecule has 3 aliphatic carbocycles. The van der Waals surface area contributed by atoms with Gasteiger partial charge >= 0.3 is 5.97 Å². The maximum absolute atomic E-state index is 11.3. The van der Waals surface area contributed by atoms with E-state index in [2.05, 4.69) is 6.58 Å². The number of hydrogen-bond acceptors (Lipinski definition) is 3. The predicted octanol–water partition coefficient (Wildman–Crippen LogP) is 1.51. The first kappa shape index (κ1) is 10.3. The zero-order chi connectivity index (χ0) is 11.3. The minimum atomic E-state index is -0.456. The zero-order valence-corrected chi connectivity index (χ0v) is 9.34. The molecule has 3 nitrogen and oxygen atoms in total. The zero-order valence-electron chi connectivity index (χ0n) is 9.34. The van der Waals surface area contributed by atoms with E-state index in [-0.39, 0.29) is 6.10 Å². The number of aliphatic hydroxyl groups is 1. The van der Waals surface area contributed by atoms with E-state index in [1.807, 2.05) is 0 Å². The molecule has 0 heterocycles. The van der Waals surface area contributed by atoms with Gasteiger partial charge in [0.1, 0.15) is 6.10 Å². The van der Waals surface area contributed by atoms with Crippen LogP contribution in [-0.4, -0.2) is 23.3 Å². The fourth-order valence-electron chi connectivity index (χ4n) is 4.33. The SMILES string of the molecule is C=CC(=O)OC1C(O)CC2C3CCC(C3)C21. The standard InChI is InChI=1S/C13H18O3/c1-2-11(15)16-13-10(14)6-9-7-3-4-8(5-7)12(9)13/h2,7-10,12-14H,1,3-6H2. The van der Waals surface area contributed by atoms with Crippen LogP contribution in [0.3, 0.4) is 0 Å². The molecular weight excluding hydrogens is 204 g/mol. The summed E-state index contributed by atoms with van der Waals surface area (Å²) in [5.41, 5.74) is 0. The summed E-state index contributed by atoms with van der Waals surface area (Å²) in [5, 5.41) is 9.99. The molecule has 88 valence electrons. The molecule has 0 radical (unpaired) electrons. The number of aliphatic hydroxyl groups excluding tert-OH is 1. The van der Waals surface area contributed by atoms with Gasteiger partial charge in [-0.2, -0.15) is 0 Å². The van der Waals surface area contributed by atoms with Crippen LogP contribution in [0, 0.1) is 23.7 Å². The van der Waals surface area contributed by atoms with Crippen LogP contribution in [0.1, 0.15) is 25.7 Å². The first-order valence-corrected chi connectivity index (χ1v) is 6.22. The summed E-state index contributed by atoms with van der Waals surface area (Å²) in [4.78, 5) is 11.3. The van der Waals surface area contributed by atoms with Gasteiger partial charge in [0, 0.05) is 12.0 Å². The van der Waals surface area contributed by atoms with Crippen molar-refractivity contribution in [2.75, 3.05) is 0 Å². The Hall–Kier alpha value is -0.830. The molecule has 0 amide bonds. The van der Waals surface area contributed by atoms with Crippen molar-refractivity contribution in [3.63, 3.8) is 0 Å². The molecule has 0 aromatic carbocycles. The summed E-state index contributed by atoms with van der Waals surface area (Å²) in [6, 6.07) is 0. The lowest BCUT2D eigenvalue weighted by molar-refractivity contribution is -0.151. The maximum Gasteiger partial charge on any atom is 0.330 e. The first-order chi connectivity index (χ1) is 7.70. The molecule has 0 aromatic heterocycles. The molecule has 3 aliphatic rings. The summed E-state index contributed by atoms with van der Waals surface area (Å²) < 4.78 is 5.33. The van der Waals surface area contributed by atoms with Crippen LogP contribution in [0.25, 0.3) is 0 Å². The van der Waals surface area contributed by atoms with Crippen molar-refractivity contribution < 1.29 is 14.6 Å². The van der Waals surface area contributed by atoms with Crippen LogP contribution in [0.2, 0.25) is 0 Å². The number of esters is 1. The van der Waals surface area contributed by atoms with Crippen LogP contribution in [0.4, 0.5) is 0 Å². The van der Waals surface area contributed by atoms with Crippen molar-refractivity contribution in [1.29, 1.82) is 0 Å². The highest BCUT2D eigenvalue weighted by atomic mass is 16.6. The average Bonchev–Trinajstić information content (AvgIpc) is 2.92. The van der Waals surface area contributed by atoms with Gasteiger partial charge < -0.3 is 9.84 Å². The molecule has 2 bridgehead atoms. The van der Waals surface area contributed by atoms with Crippen molar-refractivity contribution in [2.45, 2.75) is 37.9 Å². The molecule has 0 spiro atoms. The molecule has 0 aromatic rings. The summed E-state index contributed by atoms with van der Waals surface area (Å²) >= 11 is 0. The highest BCUT2D eigenvalue weighted by Gasteiger charge is 2.57. The molecule has 6 unspecified atom stereocenters. The number of carbonyl (C=O) groups is 1. The average molecular weight is 222 g/mol. The van der Waals surface area contributed by atoms with Crippen molar-refractivity contribution in [3.8, 4) is 0 Å². The van der Waals surface area contributed by atoms with E-state index in [1.54, 1.807) is 0 Å². The third kappa shape index (κ3) is 1.34. The van der Waals surface area contributed by atoms with Gasteiger partial charge in [0.15, 0.2) is 0 Å². The molecule has 3 heteroatoms. The largest absolute Gasteiger partial charge is 0.456 e. The van der Waals surface area contributed by atoms with Crippen LogP contribution in [0.15, 0.2) is 12.7 Å². The summed E-state index contributed by atoms with van der Waals surface area (Å²) in [5.74, 6) is 2.06. The monoisotopic (exact) mass is 222 g/mol. The van der Waals surface area contributed by atoms with Gasteiger partial charge in [-0.25, -0.2) is 4.79 Å². The highest BCUT2D eigenvalue weighted by molar-refractivity contribution is 5.81. The van der Waals surface area contributed by atoms with E-state index in [4.69, 9.17) is 4.74 Å². The van der Waals surface area contributed by atoms with E-state index in [1.165, 1.54) is 25.3 Å². The third-order valence-electron chi connectivity index (χ3n) is 4.85. The van der Waals surface area contributed by atoms with Crippen molar-refractivity contribution in [2.24, 2.45) is 23.7 Å². The summed E-state index contributed by atoms with van der Waals surface area (Å²) in [7, 11) is 0. The number of ether oxygens (including phenoxy) is 1. The lowest BCUT2D eigenvalue weighted by Crippen LogP contribution is -2.34. The molecule has 3 saturated carbocycles. The van der Waals surface area contributed by atoms with Crippen LogP contribution >= 0.6 is 0 Å². The fraction of sp³-hybridized carbons (Fsp3) is 0.769. The van der Waals surface area contributed by atoms with Crippen molar-refractivity contribution in [1.82, 2.24) is 0 Å². The number of fused-ring (bicyclic) bond motifs is 5. The molecule has 3 fully saturated rings. The Balaban J connectivity index is 1.78. The van der Waals surface area contributed by atoms with Gasteiger partial charge in [-0.15, -0.1) is 0 Å². The summed E-state index contributed by atoms with van der Waals surface area (Å²) in [6.45, 7) is 3.41. The number of hydrogen-bond donors (Lipinski definition) is 1. The van der Waals surface area contributed by atoms with Crippen LogP contribution < -0.4 is 0 Å². The quantitative estimate of drug-likeness (QED) is 0.569. The molecule has 0 saturated heterocycles. The second-order valence-corrected chi connectivity index (χ2v) is 5.48. The van der Waals surface area contributed by atoms with E-state index in [0.29, 0.717) is 17.8 Å². The fourth-order valence-corrected chi connectivity index (χ4v) is 4.33. The minimum absolute atomic E-state index is 0.272. The Morgan fingerprint density at radius 3 is 2.81 bits per heavy atom. The van der Waals surface area contributed by atoms with Crippen molar-refractivity contribution in [3.05, 3.63) is 12.7 Å². The third-order valence-corrected chi connectivity index (χ3v) is 4.85. The van der Waals surface area contributed by atoms with E-state index in [0.717, 1.165) is 12.3 Å². The van der Waals surface area contributed by atoms with Gasteiger partial charge in [0.05, 0.1) is 6.10 Å². The highest BCUT2D eigenvalue weighted by Crippen LogP contribution is 2.59. The normalized spacial score (nSPS) is 49.1. The van der Waals surface area contributed by atoms with E-state index >= 15 is 0 Å². The smallest absolute Gasteiger partial charge is 0.330 e. The van der Waals surface area contributed by atoms with E-state index in [9.17, 15) is 9.90 Å². The number of rotatable bonds is 2. The van der Waals surface area contributed by atoms with Crippen molar-refractivity contribution >= 4 is 5.97 Å². The maximum atomic E-state index is 11.3. The molecular formula is C13H18O3. The lowest BCUT2D eigenvalue weighted by Gasteiger charge is -2.28. The Kier molecular flexibility index (Phi) is 2.32. The molecule has 16 heavy (non-hydrogen) atoms. The topological polar surface area (TPSA) is 46.5 Å². The molecule has 1 N–H and O–H groups in total. The second-order valence-electron chi connectivity index (χ2n) is 5.48. The number of carbonyl (C=O) groups excluding carboxylic acids is 1. The second kappa shape index (κ2) is 3.59. The minimum Gasteiger partial charge on any atom is -0.456 e. The van der Waals surface area contributed by atoms with Gasteiger partial charge in [-0.05, 0) is 43.4 Å². The Labute approximate surface area is 95.5 Å². The molecule has 0 aliphatic heterocycles. The Morgan fingerprint density at radius 1 is 1.31 bits per heavy atom. The van der Waals surface area contributed by atoms with Gasteiger partial charge in [-0.1, -0.05) is 6.58 Å². The Bertz CT molecular complexity index is 325. The van der Waals surface area contributed by atoms with Gasteiger partial charge in [-0.3, -0.25) is 0 Å². The molecule has 6 atom stereocenters. The Morgan fingerprint density at radius 2 is 2.06 bits per heavy atom. The lowest BCUT2D eigenvalue weighted by atomic mass is 9.81. The van der Waals surface area contributed by atoms with Gasteiger partial charge in [0.25, 0.3) is 0 Å². The van der Waals surface area contributed by atoms with Gasteiger partial charge in [0.2, 0.25) is 0 Å². The molecule has 3 rings (SSSR count). The van der Waals surface area contributed by atoms with E-state index < -0.39 is 12.1 Å². The predicted molar refractivity (Wildman–Crippen MR) is 58.5 cm³/mol. The summed E-state index contributed by atoms with van der Waals surface area (Å²) in [6.07, 6.45) is 5.12. The van der Waals surface area contributed by atoms with Crippen LogP contribution in [0.5, 0.6) is 0 Å². The first-order valence-electron chi connectivity index (χ1n) is 6.22.